The summed E-state index contributed by atoms with van der Waals surface area (Å²) in [6, 6.07) is 9.12. The van der Waals surface area contributed by atoms with Crippen molar-refractivity contribution in [3.05, 3.63) is 76.4 Å². The van der Waals surface area contributed by atoms with Crippen LogP contribution in [0.15, 0.2) is 47.2 Å². The van der Waals surface area contributed by atoms with Crippen LogP contribution >= 0.6 is 0 Å². The summed E-state index contributed by atoms with van der Waals surface area (Å²) in [7, 11) is 0. The third kappa shape index (κ3) is 4.76. The van der Waals surface area contributed by atoms with Crippen LogP contribution in [0.2, 0.25) is 0 Å². The monoisotopic (exact) mass is 430 g/mol. The summed E-state index contributed by atoms with van der Waals surface area (Å²) in [5, 5.41) is 7.34. The van der Waals surface area contributed by atoms with E-state index in [0.717, 1.165) is 41.8 Å². The fourth-order valence-electron chi connectivity index (χ4n) is 3.78. The van der Waals surface area contributed by atoms with E-state index in [1.807, 2.05) is 12.1 Å². The minimum Gasteiger partial charge on any atom is -0.337 e. The van der Waals surface area contributed by atoms with Crippen molar-refractivity contribution in [2.24, 2.45) is 0 Å². The number of amides is 1. The maximum atomic E-state index is 12.7. The highest BCUT2D eigenvalue weighted by Crippen LogP contribution is 2.30. The van der Waals surface area contributed by atoms with Gasteiger partial charge in [-0.25, -0.2) is 4.63 Å². The quantitative estimate of drug-likeness (QED) is 0.613. The molecule has 0 N–H and O–H groups in total. The second kappa shape index (κ2) is 8.49. The lowest BCUT2D eigenvalue weighted by Crippen LogP contribution is -2.38. The number of alkyl halides is 3. The van der Waals surface area contributed by atoms with Gasteiger partial charge in [0.2, 0.25) is 0 Å². The molecule has 9 heteroatoms. The van der Waals surface area contributed by atoms with Crippen molar-refractivity contribution in [2.75, 3.05) is 13.1 Å². The number of nitrogens with zero attached hydrogens (tertiary/aromatic N) is 4. The van der Waals surface area contributed by atoms with Gasteiger partial charge < -0.3 is 4.90 Å². The van der Waals surface area contributed by atoms with E-state index in [-0.39, 0.29) is 17.5 Å². The van der Waals surface area contributed by atoms with Crippen LogP contribution in [0.4, 0.5) is 13.2 Å². The zero-order valence-electron chi connectivity index (χ0n) is 16.9. The Kier molecular flexibility index (Phi) is 5.75. The molecule has 0 atom stereocenters. The maximum absolute atomic E-state index is 12.7. The molecule has 31 heavy (non-hydrogen) atoms. The van der Waals surface area contributed by atoms with Gasteiger partial charge in [-0.3, -0.25) is 9.78 Å². The molecule has 162 valence electrons. The molecule has 4 rings (SSSR count). The summed E-state index contributed by atoms with van der Waals surface area (Å²) in [5.41, 5.74) is 2.78. The maximum Gasteiger partial charge on any atom is 0.416 e. The number of halogens is 3. The van der Waals surface area contributed by atoms with Gasteiger partial charge in [0.15, 0.2) is 5.69 Å². The summed E-state index contributed by atoms with van der Waals surface area (Å²) < 4.78 is 42.7. The van der Waals surface area contributed by atoms with Crippen molar-refractivity contribution in [3.63, 3.8) is 0 Å². The number of pyridine rings is 1. The molecule has 2 aromatic heterocycles. The predicted molar refractivity (Wildman–Crippen MR) is 105 cm³/mol. The lowest BCUT2D eigenvalue weighted by Gasteiger charge is -2.31. The molecule has 1 aromatic carbocycles. The molecule has 1 fully saturated rings. The molecule has 0 bridgehead atoms. The standard InChI is InChI=1S/C22H21F3N4O2/c1-14-20(28-31-27-14)21(30)29-10-8-17(9-11-29)19-7-4-16(13-26-19)12-15-2-5-18(6-3-15)22(23,24)25/h2-7,13,17H,8-12H2,1H3. The average Bonchev–Trinajstić information content (AvgIpc) is 3.19. The average molecular weight is 430 g/mol. The van der Waals surface area contributed by atoms with Gasteiger partial charge in [0.1, 0.15) is 5.69 Å². The minimum atomic E-state index is -4.33. The highest BCUT2D eigenvalue weighted by atomic mass is 19.4. The molecule has 3 aromatic rings. The molecule has 0 aliphatic carbocycles. The topological polar surface area (TPSA) is 72.1 Å². The van der Waals surface area contributed by atoms with E-state index in [0.29, 0.717) is 25.2 Å². The van der Waals surface area contributed by atoms with E-state index >= 15 is 0 Å². The fourth-order valence-corrected chi connectivity index (χ4v) is 3.78. The molecule has 0 radical (unpaired) electrons. The molecule has 1 amide bonds. The molecule has 0 spiro atoms. The smallest absolute Gasteiger partial charge is 0.337 e. The van der Waals surface area contributed by atoms with E-state index in [1.165, 1.54) is 12.1 Å². The van der Waals surface area contributed by atoms with Gasteiger partial charge in [0.25, 0.3) is 5.91 Å². The molecule has 0 saturated carbocycles. The highest BCUT2D eigenvalue weighted by molar-refractivity contribution is 5.93. The third-order valence-corrected chi connectivity index (χ3v) is 5.59. The molecular formula is C22H21F3N4O2. The highest BCUT2D eigenvalue weighted by Gasteiger charge is 2.30. The van der Waals surface area contributed by atoms with Crippen LogP contribution in [-0.2, 0) is 12.6 Å². The van der Waals surface area contributed by atoms with E-state index in [4.69, 9.17) is 0 Å². The second-order valence-electron chi connectivity index (χ2n) is 7.73. The van der Waals surface area contributed by atoms with Gasteiger partial charge in [0.05, 0.1) is 5.56 Å². The van der Waals surface area contributed by atoms with E-state index < -0.39 is 11.7 Å². The Morgan fingerprint density at radius 1 is 1.06 bits per heavy atom. The molecule has 0 unspecified atom stereocenters. The number of aryl methyl sites for hydroxylation is 1. The molecule has 1 saturated heterocycles. The first-order valence-electron chi connectivity index (χ1n) is 10.0. The van der Waals surface area contributed by atoms with Crippen molar-refractivity contribution in [2.45, 2.75) is 38.3 Å². The Morgan fingerprint density at radius 2 is 1.74 bits per heavy atom. The van der Waals surface area contributed by atoms with Crippen LogP contribution in [0.3, 0.4) is 0 Å². The molecule has 3 heterocycles. The number of hydrogen-bond acceptors (Lipinski definition) is 5. The first-order chi connectivity index (χ1) is 14.8. The van der Waals surface area contributed by atoms with Crippen LogP contribution < -0.4 is 0 Å². The summed E-state index contributed by atoms with van der Waals surface area (Å²) in [6.07, 6.45) is -0.451. The first kappa shape index (κ1) is 21.0. The third-order valence-electron chi connectivity index (χ3n) is 5.59. The molecular weight excluding hydrogens is 409 g/mol. The predicted octanol–water partition coefficient (Wildman–Crippen LogP) is 4.40. The van der Waals surface area contributed by atoms with Crippen molar-refractivity contribution < 1.29 is 22.6 Å². The first-order valence-corrected chi connectivity index (χ1v) is 10.0. The van der Waals surface area contributed by atoms with Crippen LogP contribution in [0.5, 0.6) is 0 Å². The van der Waals surface area contributed by atoms with E-state index in [9.17, 15) is 18.0 Å². The van der Waals surface area contributed by atoms with Crippen molar-refractivity contribution in [1.82, 2.24) is 20.2 Å². The normalized spacial score (nSPS) is 15.3. The van der Waals surface area contributed by atoms with E-state index in [1.54, 1.807) is 18.0 Å². The molecule has 6 nitrogen and oxygen atoms in total. The number of piperidine rings is 1. The minimum absolute atomic E-state index is 0.169. The Hall–Kier alpha value is -3.23. The Labute approximate surface area is 177 Å². The lowest BCUT2D eigenvalue weighted by molar-refractivity contribution is -0.137. The zero-order valence-corrected chi connectivity index (χ0v) is 16.9. The van der Waals surface area contributed by atoms with Gasteiger partial charge in [-0.1, -0.05) is 23.4 Å². The van der Waals surface area contributed by atoms with Crippen LogP contribution in [-0.4, -0.2) is 39.2 Å². The van der Waals surface area contributed by atoms with Gasteiger partial charge in [0, 0.05) is 30.9 Å². The fraction of sp³-hybridized carbons (Fsp3) is 0.364. The number of hydrogen-bond donors (Lipinski definition) is 0. The van der Waals surface area contributed by atoms with Crippen LogP contribution in [0, 0.1) is 6.92 Å². The number of aromatic nitrogens is 3. The summed E-state index contributed by atoms with van der Waals surface area (Å²) in [4.78, 5) is 18.8. The lowest BCUT2D eigenvalue weighted by atomic mass is 9.92. The molecule has 1 aliphatic rings. The Morgan fingerprint density at radius 3 is 2.29 bits per heavy atom. The van der Waals surface area contributed by atoms with E-state index in [2.05, 4.69) is 19.9 Å². The summed E-state index contributed by atoms with van der Waals surface area (Å²) >= 11 is 0. The summed E-state index contributed by atoms with van der Waals surface area (Å²) in [5.74, 6) is 0.0812. The van der Waals surface area contributed by atoms with Crippen molar-refractivity contribution >= 4 is 5.91 Å². The Balaban J connectivity index is 1.34. The largest absolute Gasteiger partial charge is 0.416 e. The Bertz CT molecular complexity index is 1040. The van der Waals surface area contributed by atoms with Crippen molar-refractivity contribution in [3.8, 4) is 0 Å². The van der Waals surface area contributed by atoms with Crippen LogP contribution in [0.1, 0.15) is 57.3 Å². The number of carbonyl (C=O) groups is 1. The van der Waals surface area contributed by atoms with Gasteiger partial charge in [-0.05, 0) is 60.7 Å². The number of likely N-dealkylation sites (tertiary alicyclic amines) is 1. The van der Waals surface area contributed by atoms with Gasteiger partial charge in [-0.15, -0.1) is 0 Å². The second-order valence-corrected chi connectivity index (χ2v) is 7.73. The molecule has 1 aliphatic heterocycles. The van der Waals surface area contributed by atoms with Crippen LogP contribution in [0.25, 0.3) is 0 Å². The van der Waals surface area contributed by atoms with Gasteiger partial charge in [-0.2, -0.15) is 13.2 Å². The van der Waals surface area contributed by atoms with Gasteiger partial charge >= 0.3 is 6.18 Å². The number of rotatable bonds is 4. The van der Waals surface area contributed by atoms with Crippen molar-refractivity contribution in [1.29, 1.82) is 0 Å². The zero-order chi connectivity index (χ0) is 22.0. The number of benzene rings is 1. The SMILES string of the molecule is Cc1nonc1C(=O)N1CCC(c2ccc(Cc3ccc(C(F)(F)F)cc3)cn2)CC1. The number of carbonyl (C=O) groups excluding carboxylic acids is 1. The summed E-state index contributed by atoms with van der Waals surface area (Å²) in [6.45, 7) is 2.89.